The summed E-state index contributed by atoms with van der Waals surface area (Å²) in [5.74, 6) is 0.988. The fourth-order valence-corrected chi connectivity index (χ4v) is 2.40. The molecule has 0 saturated carbocycles. The van der Waals surface area contributed by atoms with Crippen molar-refractivity contribution in [3.05, 3.63) is 64.7 Å². The Kier molecular flexibility index (Phi) is 4.03. The minimum atomic E-state index is 0.988. The van der Waals surface area contributed by atoms with E-state index in [4.69, 9.17) is 4.74 Å². The highest BCUT2D eigenvalue weighted by atomic mass is 16.5. The van der Waals surface area contributed by atoms with E-state index in [-0.39, 0.29) is 0 Å². The van der Waals surface area contributed by atoms with Gasteiger partial charge in [-0.05, 0) is 43.9 Å². The standard InChI is InChI=1S/C17H20O/c1-13-10-14(2)12-15(11-13)8-9-16-6-4-5-7-17(16)18-3/h4-7,10-12H,8-9H2,1-3H3. The van der Waals surface area contributed by atoms with E-state index in [1.807, 2.05) is 12.1 Å². The minimum absolute atomic E-state index is 0.988. The average molecular weight is 240 g/mol. The van der Waals surface area contributed by atoms with Gasteiger partial charge in [-0.1, -0.05) is 47.5 Å². The minimum Gasteiger partial charge on any atom is -0.496 e. The van der Waals surface area contributed by atoms with Gasteiger partial charge < -0.3 is 4.74 Å². The number of benzene rings is 2. The second kappa shape index (κ2) is 5.72. The second-order valence-corrected chi connectivity index (χ2v) is 4.81. The molecule has 18 heavy (non-hydrogen) atoms. The van der Waals surface area contributed by atoms with E-state index < -0.39 is 0 Å². The van der Waals surface area contributed by atoms with Crippen molar-refractivity contribution >= 4 is 0 Å². The molecular weight excluding hydrogens is 220 g/mol. The van der Waals surface area contributed by atoms with Crippen molar-refractivity contribution < 1.29 is 4.74 Å². The van der Waals surface area contributed by atoms with Crippen molar-refractivity contribution in [2.75, 3.05) is 7.11 Å². The van der Waals surface area contributed by atoms with Gasteiger partial charge in [0.25, 0.3) is 0 Å². The van der Waals surface area contributed by atoms with Crippen molar-refractivity contribution in [3.63, 3.8) is 0 Å². The van der Waals surface area contributed by atoms with Gasteiger partial charge in [0, 0.05) is 0 Å². The van der Waals surface area contributed by atoms with Crippen molar-refractivity contribution in [1.82, 2.24) is 0 Å². The molecule has 0 heterocycles. The van der Waals surface area contributed by atoms with E-state index in [9.17, 15) is 0 Å². The molecule has 2 aromatic carbocycles. The third-order valence-corrected chi connectivity index (χ3v) is 3.16. The number of para-hydroxylation sites is 1. The number of rotatable bonds is 4. The summed E-state index contributed by atoms with van der Waals surface area (Å²) in [6.45, 7) is 4.30. The molecule has 0 aliphatic carbocycles. The number of aryl methyl sites for hydroxylation is 4. The van der Waals surface area contributed by atoms with Crippen LogP contribution in [0, 0.1) is 13.8 Å². The van der Waals surface area contributed by atoms with Gasteiger partial charge in [0.2, 0.25) is 0 Å². The van der Waals surface area contributed by atoms with Crippen LogP contribution < -0.4 is 4.74 Å². The monoisotopic (exact) mass is 240 g/mol. The molecule has 0 saturated heterocycles. The molecular formula is C17H20O. The largest absolute Gasteiger partial charge is 0.496 e. The van der Waals surface area contributed by atoms with E-state index in [1.165, 1.54) is 22.3 Å². The molecule has 0 amide bonds. The summed E-state index contributed by atoms with van der Waals surface area (Å²) in [6.07, 6.45) is 2.08. The molecule has 0 aliphatic heterocycles. The Balaban J connectivity index is 2.11. The van der Waals surface area contributed by atoms with Crippen LogP contribution in [0.25, 0.3) is 0 Å². The summed E-state index contributed by atoms with van der Waals surface area (Å²) in [6, 6.07) is 15.0. The molecule has 1 heteroatoms. The Morgan fingerprint density at radius 3 is 2.22 bits per heavy atom. The van der Waals surface area contributed by atoms with E-state index >= 15 is 0 Å². The lowest BCUT2D eigenvalue weighted by atomic mass is 10.0. The molecule has 2 rings (SSSR count). The molecule has 0 bridgehead atoms. The van der Waals surface area contributed by atoms with Gasteiger partial charge in [-0.15, -0.1) is 0 Å². The fourth-order valence-electron chi connectivity index (χ4n) is 2.40. The number of hydrogen-bond donors (Lipinski definition) is 0. The van der Waals surface area contributed by atoms with Gasteiger partial charge >= 0.3 is 0 Å². The smallest absolute Gasteiger partial charge is 0.122 e. The molecule has 0 fully saturated rings. The molecule has 0 radical (unpaired) electrons. The van der Waals surface area contributed by atoms with Crippen LogP contribution in [0.3, 0.4) is 0 Å². The molecule has 0 spiro atoms. The quantitative estimate of drug-likeness (QED) is 0.782. The van der Waals surface area contributed by atoms with Crippen LogP contribution in [-0.2, 0) is 12.8 Å². The number of hydrogen-bond acceptors (Lipinski definition) is 1. The van der Waals surface area contributed by atoms with Gasteiger partial charge in [-0.25, -0.2) is 0 Å². The molecule has 2 aromatic rings. The Morgan fingerprint density at radius 1 is 0.889 bits per heavy atom. The van der Waals surface area contributed by atoms with E-state index in [0.29, 0.717) is 0 Å². The summed E-state index contributed by atoms with van der Waals surface area (Å²) < 4.78 is 5.38. The van der Waals surface area contributed by atoms with Crippen LogP contribution in [0.2, 0.25) is 0 Å². The first kappa shape index (κ1) is 12.7. The Labute approximate surface area is 109 Å². The SMILES string of the molecule is COc1ccccc1CCc1cc(C)cc(C)c1. The highest BCUT2D eigenvalue weighted by Crippen LogP contribution is 2.20. The number of ether oxygens (including phenoxy) is 1. The van der Waals surface area contributed by atoms with Crippen molar-refractivity contribution in [1.29, 1.82) is 0 Å². The summed E-state index contributed by atoms with van der Waals surface area (Å²) in [4.78, 5) is 0. The summed E-state index contributed by atoms with van der Waals surface area (Å²) >= 11 is 0. The first-order chi connectivity index (χ1) is 8.69. The van der Waals surface area contributed by atoms with E-state index in [2.05, 4.69) is 44.2 Å². The van der Waals surface area contributed by atoms with Gasteiger partial charge in [-0.3, -0.25) is 0 Å². The molecule has 0 aliphatic rings. The lowest BCUT2D eigenvalue weighted by molar-refractivity contribution is 0.409. The lowest BCUT2D eigenvalue weighted by Crippen LogP contribution is -1.96. The van der Waals surface area contributed by atoms with Crippen molar-refractivity contribution in [2.45, 2.75) is 26.7 Å². The zero-order chi connectivity index (χ0) is 13.0. The predicted octanol–water partition coefficient (Wildman–Crippen LogP) is 4.10. The van der Waals surface area contributed by atoms with Crippen LogP contribution in [0.4, 0.5) is 0 Å². The van der Waals surface area contributed by atoms with Crippen LogP contribution in [0.5, 0.6) is 5.75 Å². The predicted molar refractivity (Wildman–Crippen MR) is 76.3 cm³/mol. The van der Waals surface area contributed by atoms with Crippen LogP contribution >= 0.6 is 0 Å². The molecule has 94 valence electrons. The lowest BCUT2D eigenvalue weighted by Gasteiger charge is -2.09. The molecule has 0 unspecified atom stereocenters. The van der Waals surface area contributed by atoms with E-state index in [1.54, 1.807) is 7.11 Å². The summed E-state index contributed by atoms with van der Waals surface area (Å²) in [5, 5.41) is 0. The zero-order valence-corrected chi connectivity index (χ0v) is 11.4. The second-order valence-electron chi connectivity index (χ2n) is 4.81. The Bertz CT molecular complexity index is 509. The fraction of sp³-hybridized carbons (Fsp3) is 0.294. The van der Waals surface area contributed by atoms with Crippen molar-refractivity contribution in [2.24, 2.45) is 0 Å². The van der Waals surface area contributed by atoms with Gasteiger partial charge in [0.1, 0.15) is 5.75 Å². The maximum atomic E-state index is 5.38. The Morgan fingerprint density at radius 2 is 1.56 bits per heavy atom. The topological polar surface area (TPSA) is 9.23 Å². The normalized spacial score (nSPS) is 10.4. The third-order valence-electron chi connectivity index (χ3n) is 3.16. The van der Waals surface area contributed by atoms with Crippen LogP contribution in [-0.4, -0.2) is 7.11 Å². The number of methoxy groups -OCH3 is 1. The highest BCUT2D eigenvalue weighted by molar-refractivity contribution is 5.35. The zero-order valence-electron chi connectivity index (χ0n) is 11.4. The molecule has 0 atom stereocenters. The third kappa shape index (κ3) is 3.13. The highest BCUT2D eigenvalue weighted by Gasteiger charge is 2.03. The maximum Gasteiger partial charge on any atom is 0.122 e. The first-order valence-corrected chi connectivity index (χ1v) is 6.38. The van der Waals surface area contributed by atoms with Gasteiger partial charge in [0.05, 0.1) is 7.11 Å². The van der Waals surface area contributed by atoms with Crippen LogP contribution in [0.15, 0.2) is 42.5 Å². The van der Waals surface area contributed by atoms with Crippen molar-refractivity contribution in [3.8, 4) is 5.75 Å². The van der Waals surface area contributed by atoms with Gasteiger partial charge in [-0.2, -0.15) is 0 Å². The molecule has 1 nitrogen and oxygen atoms in total. The maximum absolute atomic E-state index is 5.38. The van der Waals surface area contributed by atoms with Crippen LogP contribution in [0.1, 0.15) is 22.3 Å². The molecule has 0 aromatic heterocycles. The first-order valence-electron chi connectivity index (χ1n) is 6.38. The summed E-state index contributed by atoms with van der Waals surface area (Å²) in [7, 11) is 1.73. The van der Waals surface area contributed by atoms with E-state index in [0.717, 1.165) is 18.6 Å². The Hall–Kier alpha value is -1.76. The van der Waals surface area contributed by atoms with Gasteiger partial charge in [0.15, 0.2) is 0 Å². The molecule has 0 N–H and O–H groups in total. The average Bonchev–Trinajstić information content (AvgIpc) is 2.35. The summed E-state index contributed by atoms with van der Waals surface area (Å²) in [5.41, 5.74) is 5.35.